The number of halogens is 1. The van der Waals surface area contributed by atoms with E-state index in [1.807, 2.05) is 0 Å². The predicted molar refractivity (Wildman–Crippen MR) is 80.3 cm³/mol. The van der Waals surface area contributed by atoms with Crippen LogP contribution in [0.25, 0.3) is 11.5 Å². The van der Waals surface area contributed by atoms with Gasteiger partial charge in [-0.25, -0.2) is 4.39 Å². The molecule has 0 unspecified atom stereocenters. The first-order valence-corrected chi connectivity index (χ1v) is 7.55. The maximum atomic E-state index is 13.6. The van der Waals surface area contributed by atoms with Crippen LogP contribution in [0, 0.1) is 12.7 Å². The SMILES string of the molecule is Cc1cc(NC(=O)CSc2nnc(-c3ccccc3F)o2)no1. The number of aryl methyl sites for hydroxylation is 1. The van der Waals surface area contributed by atoms with Gasteiger partial charge >= 0.3 is 0 Å². The van der Waals surface area contributed by atoms with Crippen molar-refractivity contribution in [2.24, 2.45) is 0 Å². The molecular formula is C14H11FN4O3S. The van der Waals surface area contributed by atoms with Crippen LogP contribution in [0.15, 0.2) is 44.5 Å². The number of rotatable bonds is 5. The van der Waals surface area contributed by atoms with Crippen LogP contribution in [0.4, 0.5) is 10.2 Å². The van der Waals surface area contributed by atoms with Crippen LogP contribution in [-0.4, -0.2) is 27.0 Å². The molecule has 0 radical (unpaired) electrons. The number of benzene rings is 1. The van der Waals surface area contributed by atoms with Gasteiger partial charge in [-0.05, 0) is 19.1 Å². The third-order valence-corrected chi connectivity index (χ3v) is 3.55. The van der Waals surface area contributed by atoms with E-state index in [1.165, 1.54) is 12.1 Å². The molecule has 2 heterocycles. The molecule has 0 saturated heterocycles. The summed E-state index contributed by atoms with van der Waals surface area (Å²) in [6.45, 7) is 1.72. The molecular weight excluding hydrogens is 323 g/mol. The lowest BCUT2D eigenvalue weighted by molar-refractivity contribution is -0.113. The van der Waals surface area contributed by atoms with Gasteiger partial charge in [-0.2, -0.15) is 0 Å². The van der Waals surface area contributed by atoms with E-state index in [4.69, 9.17) is 8.94 Å². The summed E-state index contributed by atoms with van der Waals surface area (Å²) in [4.78, 5) is 11.8. The zero-order chi connectivity index (χ0) is 16.2. The molecule has 0 spiro atoms. The minimum atomic E-state index is -0.452. The zero-order valence-electron chi connectivity index (χ0n) is 11.9. The van der Waals surface area contributed by atoms with Crippen molar-refractivity contribution < 1.29 is 18.1 Å². The molecule has 0 aliphatic rings. The van der Waals surface area contributed by atoms with Gasteiger partial charge in [0.2, 0.25) is 5.91 Å². The number of hydrogen-bond acceptors (Lipinski definition) is 7. The fourth-order valence-corrected chi connectivity index (χ4v) is 2.31. The first-order chi connectivity index (χ1) is 11.1. The molecule has 1 N–H and O–H groups in total. The average Bonchev–Trinajstić information content (AvgIpc) is 3.15. The smallest absolute Gasteiger partial charge is 0.277 e. The first-order valence-electron chi connectivity index (χ1n) is 6.56. The molecule has 0 aliphatic heterocycles. The lowest BCUT2D eigenvalue weighted by Gasteiger charge is -1.98. The molecule has 0 aliphatic carbocycles. The average molecular weight is 334 g/mol. The highest BCUT2D eigenvalue weighted by molar-refractivity contribution is 7.99. The van der Waals surface area contributed by atoms with Gasteiger partial charge in [-0.3, -0.25) is 4.79 Å². The summed E-state index contributed by atoms with van der Waals surface area (Å²) in [5.74, 6) is 0.300. The van der Waals surface area contributed by atoms with E-state index >= 15 is 0 Å². The van der Waals surface area contributed by atoms with Gasteiger partial charge in [0, 0.05) is 6.07 Å². The van der Waals surface area contributed by atoms with Gasteiger partial charge in [-0.1, -0.05) is 29.1 Å². The molecule has 9 heteroatoms. The number of hydrogen-bond donors (Lipinski definition) is 1. The van der Waals surface area contributed by atoms with E-state index in [9.17, 15) is 9.18 Å². The van der Waals surface area contributed by atoms with Crippen LogP contribution in [0.1, 0.15) is 5.76 Å². The normalized spacial score (nSPS) is 10.7. The van der Waals surface area contributed by atoms with E-state index in [2.05, 4.69) is 20.7 Å². The van der Waals surface area contributed by atoms with Crippen molar-refractivity contribution in [1.82, 2.24) is 15.4 Å². The number of carbonyl (C=O) groups is 1. The molecule has 2 aromatic heterocycles. The highest BCUT2D eigenvalue weighted by Crippen LogP contribution is 2.25. The summed E-state index contributed by atoms with van der Waals surface area (Å²) in [6.07, 6.45) is 0. The minimum absolute atomic E-state index is 0.0464. The Balaban J connectivity index is 1.59. The van der Waals surface area contributed by atoms with Gasteiger partial charge in [0.25, 0.3) is 11.1 Å². The van der Waals surface area contributed by atoms with Crippen molar-refractivity contribution >= 4 is 23.5 Å². The number of thioether (sulfide) groups is 1. The Morgan fingerprint density at radius 1 is 1.35 bits per heavy atom. The zero-order valence-corrected chi connectivity index (χ0v) is 12.8. The number of aromatic nitrogens is 3. The minimum Gasteiger partial charge on any atom is -0.411 e. The monoisotopic (exact) mass is 334 g/mol. The lowest BCUT2D eigenvalue weighted by atomic mass is 10.2. The molecule has 7 nitrogen and oxygen atoms in total. The Hall–Kier alpha value is -2.68. The van der Waals surface area contributed by atoms with Gasteiger partial charge < -0.3 is 14.3 Å². The molecule has 0 atom stereocenters. The van der Waals surface area contributed by atoms with E-state index < -0.39 is 5.82 Å². The molecule has 3 rings (SSSR count). The van der Waals surface area contributed by atoms with E-state index in [1.54, 1.807) is 25.1 Å². The second-order valence-electron chi connectivity index (χ2n) is 4.51. The van der Waals surface area contributed by atoms with Crippen LogP contribution >= 0.6 is 11.8 Å². The van der Waals surface area contributed by atoms with Gasteiger partial charge in [-0.15, -0.1) is 10.2 Å². The van der Waals surface area contributed by atoms with Crippen molar-refractivity contribution in [2.45, 2.75) is 12.1 Å². The quantitative estimate of drug-likeness (QED) is 0.717. The Morgan fingerprint density at radius 2 is 2.17 bits per heavy atom. The van der Waals surface area contributed by atoms with Gasteiger partial charge in [0.05, 0.1) is 11.3 Å². The van der Waals surface area contributed by atoms with Crippen LogP contribution in [0.5, 0.6) is 0 Å². The molecule has 3 aromatic rings. The standard InChI is InChI=1S/C14H11FN4O3S/c1-8-6-11(19-22-8)16-12(20)7-23-14-18-17-13(21-14)9-4-2-3-5-10(9)15/h2-6H,7H2,1H3,(H,16,19,20). The maximum Gasteiger partial charge on any atom is 0.277 e. The number of carbonyl (C=O) groups excluding carboxylic acids is 1. The molecule has 1 amide bonds. The molecule has 0 saturated carbocycles. The van der Waals surface area contributed by atoms with Gasteiger partial charge in [0.1, 0.15) is 11.6 Å². The summed E-state index contributed by atoms with van der Waals surface area (Å²) in [5.41, 5.74) is 0.217. The van der Waals surface area contributed by atoms with Crippen molar-refractivity contribution in [1.29, 1.82) is 0 Å². The summed E-state index contributed by atoms with van der Waals surface area (Å²) in [6, 6.07) is 7.69. The molecule has 1 aromatic carbocycles. The Morgan fingerprint density at radius 3 is 2.91 bits per heavy atom. The highest BCUT2D eigenvalue weighted by atomic mass is 32.2. The molecule has 0 bridgehead atoms. The van der Waals surface area contributed by atoms with E-state index in [0.717, 1.165) is 11.8 Å². The number of anilines is 1. The Bertz CT molecular complexity index is 833. The maximum absolute atomic E-state index is 13.6. The second kappa shape index (κ2) is 6.61. The number of amides is 1. The van der Waals surface area contributed by atoms with Crippen molar-refractivity contribution in [3.8, 4) is 11.5 Å². The lowest BCUT2D eigenvalue weighted by Crippen LogP contribution is -2.14. The number of nitrogens with one attached hydrogen (secondary N) is 1. The highest BCUT2D eigenvalue weighted by Gasteiger charge is 2.14. The topological polar surface area (TPSA) is 94.1 Å². The second-order valence-corrected chi connectivity index (χ2v) is 5.44. The fraction of sp³-hybridized carbons (Fsp3) is 0.143. The van der Waals surface area contributed by atoms with Crippen molar-refractivity contribution in [2.75, 3.05) is 11.1 Å². The summed E-state index contributed by atoms with van der Waals surface area (Å²) in [7, 11) is 0. The van der Waals surface area contributed by atoms with Crippen LogP contribution < -0.4 is 5.32 Å². The largest absolute Gasteiger partial charge is 0.411 e. The molecule has 118 valence electrons. The predicted octanol–water partition coefficient (Wildman–Crippen LogP) is 2.90. The Kier molecular flexibility index (Phi) is 4.38. The van der Waals surface area contributed by atoms with Crippen LogP contribution in [-0.2, 0) is 4.79 Å². The van der Waals surface area contributed by atoms with Crippen LogP contribution in [0.2, 0.25) is 0 Å². The third kappa shape index (κ3) is 3.75. The van der Waals surface area contributed by atoms with Crippen LogP contribution in [0.3, 0.4) is 0 Å². The van der Waals surface area contributed by atoms with Gasteiger partial charge in [0.15, 0.2) is 5.82 Å². The van der Waals surface area contributed by atoms with E-state index in [0.29, 0.717) is 11.6 Å². The molecule has 23 heavy (non-hydrogen) atoms. The fourth-order valence-electron chi connectivity index (χ4n) is 1.74. The number of nitrogens with zero attached hydrogens (tertiary/aromatic N) is 3. The van der Waals surface area contributed by atoms with Crippen molar-refractivity contribution in [3.05, 3.63) is 41.9 Å². The summed E-state index contributed by atoms with van der Waals surface area (Å²) in [5, 5.41) is 14.0. The Labute approximate surface area is 134 Å². The summed E-state index contributed by atoms with van der Waals surface area (Å²) >= 11 is 1.04. The summed E-state index contributed by atoms with van der Waals surface area (Å²) < 4.78 is 23.8. The van der Waals surface area contributed by atoms with E-state index in [-0.39, 0.29) is 28.3 Å². The van der Waals surface area contributed by atoms with Crippen molar-refractivity contribution in [3.63, 3.8) is 0 Å². The third-order valence-electron chi connectivity index (χ3n) is 2.73. The first kappa shape index (κ1) is 15.2. The molecule has 0 fully saturated rings.